The SMILES string of the molecule is NC(=O)C(CNc1cccc(F)c1[N+](=O)[O-])Cc1ccc(F)cc1. The van der Waals surface area contributed by atoms with Crippen molar-refractivity contribution in [1.82, 2.24) is 0 Å². The summed E-state index contributed by atoms with van der Waals surface area (Å²) in [5, 5.41) is 13.6. The van der Waals surface area contributed by atoms with Gasteiger partial charge in [-0.05, 0) is 36.2 Å². The maximum absolute atomic E-state index is 13.6. The molecule has 1 unspecified atom stereocenters. The first kappa shape index (κ1) is 17.3. The predicted molar refractivity (Wildman–Crippen MR) is 84.3 cm³/mol. The van der Waals surface area contributed by atoms with Crippen LogP contribution in [0.2, 0.25) is 0 Å². The van der Waals surface area contributed by atoms with E-state index in [4.69, 9.17) is 5.73 Å². The summed E-state index contributed by atoms with van der Waals surface area (Å²) in [7, 11) is 0. The van der Waals surface area contributed by atoms with E-state index in [9.17, 15) is 23.7 Å². The fourth-order valence-corrected chi connectivity index (χ4v) is 2.26. The monoisotopic (exact) mass is 335 g/mol. The maximum atomic E-state index is 13.6. The van der Waals surface area contributed by atoms with E-state index in [0.29, 0.717) is 5.56 Å². The first-order valence-corrected chi connectivity index (χ1v) is 7.09. The van der Waals surface area contributed by atoms with Crippen molar-refractivity contribution in [3.8, 4) is 0 Å². The van der Waals surface area contributed by atoms with Gasteiger partial charge in [0.05, 0.1) is 10.8 Å². The Labute approximate surface area is 136 Å². The number of nitro groups is 1. The molecule has 126 valence electrons. The summed E-state index contributed by atoms with van der Waals surface area (Å²) in [6.07, 6.45) is 0.228. The highest BCUT2D eigenvalue weighted by Gasteiger charge is 2.22. The highest BCUT2D eigenvalue weighted by atomic mass is 19.1. The number of hydrogen-bond acceptors (Lipinski definition) is 4. The molecule has 0 aliphatic heterocycles. The van der Waals surface area contributed by atoms with Crippen molar-refractivity contribution in [3.63, 3.8) is 0 Å². The van der Waals surface area contributed by atoms with Gasteiger partial charge in [0, 0.05) is 6.54 Å². The van der Waals surface area contributed by atoms with Crippen molar-refractivity contribution in [3.05, 3.63) is 69.8 Å². The van der Waals surface area contributed by atoms with Crippen molar-refractivity contribution in [1.29, 1.82) is 0 Å². The molecule has 0 heterocycles. The van der Waals surface area contributed by atoms with E-state index in [1.54, 1.807) is 0 Å². The summed E-state index contributed by atoms with van der Waals surface area (Å²) in [5.41, 5.74) is 5.31. The Hall–Kier alpha value is -3.03. The molecule has 0 aliphatic rings. The zero-order chi connectivity index (χ0) is 17.7. The number of halogens is 2. The minimum atomic E-state index is -0.973. The number of carbonyl (C=O) groups is 1. The topological polar surface area (TPSA) is 98.3 Å². The summed E-state index contributed by atoms with van der Waals surface area (Å²) in [6, 6.07) is 9.22. The molecule has 1 amide bonds. The molecule has 2 aromatic carbocycles. The molecule has 0 aromatic heterocycles. The average molecular weight is 335 g/mol. The highest BCUT2D eigenvalue weighted by Crippen LogP contribution is 2.27. The van der Waals surface area contributed by atoms with Gasteiger partial charge >= 0.3 is 5.69 Å². The van der Waals surface area contributed by atoms with Crippen LogP contribution >= 0.6 is 0 Å². The second-order valence-corrected chi connectivity index (χ2v) is 5.20. The smallest absolute Gasteiger partial charge is 0.327 e. The second-order valence-electron chi connectivity index (χ2n) is 5.20. The van der Waals surface area contributed by atoms with Crippen LogP contribution in [0.4, 0.5) is 20.2 Å². The Kier molecular flexibility index (Phi) is 5.41. The maximum Gasteiger partial charge on any atom is 0.327 e. The fraction of sp³-hybridized carbons (Fsp3) is 0.188. The van der Waals surface area contributed by atoms with Crippen LogP contribution in [0, 0.1) is 27.7 Å². The third-order valence-electron chi connectivity index (χ3n) is 3.51. The normalized spacial score (nSPS) is 11.8. The predicted octanol–water partition coefficient (Wildman–Crippen LogP) is 2.63. The van der Waals surface area contributed by atoms with Crippen molar-refractivity contribution in [2.75, 3.05) is 11.9 Å². The number of anilines is 1. The number of nitro benzene ring substituents is 1. The highest BCUT2D eigenvalue weighted by molar-refractivity contribution is 5.78. The van der Waals surface area contributed by atoms with Gasteiger partial charge in [0.1, 0.15) is 11.5 Å². The van der Waals surface area contributed by atoms with Gasteiger partial charge in [-0.3, -0.25) is 14.9 Å². The average Bonchev–Trinajstić information content (AvgIpc) is 2.52. The molecule has 0 fully saturated rings. The van der Waals surface area contributed by atoms with Gasteiger partial charge in [0.2, 0.25) is 11.7 Å². The van der Waals surface area contributed by atoms with Gasteiger partial charge in [-0.25, -0.2) is 4.39 Å². The van der Waals surface area contributed by atoms with Crippen LogP contribution in [0.5, 0.6) is 0 Å². The number of nitrogens with two attached hydrogens (primary N) is 1. The first-order valence-electron chi connectivity index (χ1n) is 7.09. The van der Waals surface area contributed by atoms with Crippen LogP contribution in [0.1, 0.15) is 5.56 Å². The van der Waals surface area contributed by atoms with E-state index < -0.39 is 34.1 Å². The molecule has 0 spiro atoms. The van der Waals surface area contributed by atoms with Gasteiger partial charge in [0.15, 0.2) is 0 Å². The van der Waals surface area contributed by atoms with E-state index in [0.717, 1.165) is 6.07 Å². The molecular formula is C16H15F2N3O3. The molecule has 6 nitrogen and oxygen atoms in total. The lowest BCUT2D eigenvalue weighted by atomic mass is 9.98. The Morgan fingerprint density at radius 1 is 1.21 bits per heavy atom. The zero-order valence-electron chi connectivity index (χ0n) is 12.5. The number of hydrogen-bond donors (Lipinski definition) is 2. The van der Waals surface area contributed by atoms with Gasteiger partial charge in [0.25, 0.3) is 0 Å². The molecule has 0 saturated carbocycles. The molecule has 0 aliphatic carbocycles. The van der Waals surface area contributed by atoms with E-state index in [1.807, 2.05) is 0 Å². The summed E-state index contributed by atoms with van der Waals surface area (Å²) in [6.45, 7) is -0.0169. The molecule has 1 atom stereocenters. The van der Waals surface area contributed by atoms with Gasteiger partial charge in [-0.2, -0.15) is 4.39 Å². The standard InChI is InChI=1S/C16H15F2N3O3/c17-12-6-4-10(5-7-12)8-11(16(19)22)9-20-14-3-1-2-13(18)15(14)21(23)24/h1-7,11,20H,8-9H2,(H2,19,22). The van der Waals surface area contributed by atoms with Crippen LogP contribution in [-0.2, 0) is 11.2 Å². The van der Waals surface area contributed by atoms with Crippen molar-refractivity contribution in [2.45, 2.75) is 6.42 Å². The second kappa shape index (κ2) is 7.49. The van der Waals surface area contributed by atoms with E-state index in [1.165, 1.54) is 36.4 Å². The quantitative estimate of drug-likeness (QED) is 0.600. The zero-order valence-corrected chi connectivity index (χ0v) is 12.5. The number of para-hydroxylation sites is 1. The molecule has 2 rings (SSSR count). The third-order valence-corrected chi connectivity index (χ3v) is 3.51. The number of amides is 1. The molecule has 24 heavy (non-hydrogen) atoms. The summed E-state index contributed by atoms with van der Waals surface area (Å²) >= 11 is 0. The van der Waals surface area contributed by atoms with E-state index in [2.05, 4.69) is 5.32 Å². The number of primary amides is 1. The van der Waals surface area contributed by atoms with Crippen molar-refractivity contribution >= 4 is 17.3 Å². The number of rotatable bonds is 7. The largest absolute Gasteiger partial charge is 0.379 e. The third kappa shape index (κ3) is 4.25. The molecule has 8 heteroatoms. The molecule has 0 bridgehead atoms. The minimum Gasteiger partial charge on any atom is -0.379 e. The van der Waals surface area contributed by atoms with Crippen LogP contribution < -0.4 is 11.1 Å². The number of benzene rings is 2. The summed E-state index contributed by atoms with van der Waals surface area (Å²) in [4.78, 5) is 21.7. The van der Waals surface area contributed by atoms with E-state index >= 15 is 0 Å². The lowest BCUT2D eigenvalue weighted by Crippen LogP contribution is -2.31. The van der Waals surface area contributed by atoms with Crippen molar-refractivity contribution < 1.29 is 18.5 Å². The lowest BCUT2D eigenvalue weighted by molar-refractivity contribution is -0.386. The molecule has 0 radical (unpaired) electrons. The number of nitrogens with one attached hydrogen (secondary N) is 1. The van der Waals surface area contributed by atoms with Gasteiger partial charge < -0.3 is 11.1 Å². The van der Waals surface area contributed by atoms with Gasteiger partial charge in [-0.15, -0.1) is 0 Å². The Morgan fingerprint density at radius 2 is 1.88 bits per heavy atom. The van der Waals surface area contributed by atoms with Crippen LogP contribution in [0.3, 0.4) is 0 Å². The fourth-order valence-electron chi connectivity index (χ4n) is 2.26. The van der Waals surface area contributed by atoms with Gasteiger partial charge in [-0.1, -0.05) is 18.2 Å². The van der Waals surface area contributed by atoms with Crippen LogP contribution in [0.25, 0.3) is 0 Å². The summed E-state index contributed by atoms with van der Waals surface area (Å²) in [5.74, 6) is -2.69. The Morgan fingerprint density at radius 3 is 2.46 bits per heavy atom. The lowest BCUT2D eigenvalue weighted by Gasteiger charge is -2.15. The molecular weight excluding hydrogens is 320 g/mol. The van der Waals surface area contributed by atoms with Crippen molar-refractivity contribution in [2.24, 2.45) is 11.7 Å². The summed E-state index contributed by atoms with van der Waals surface area (Å²) < 4.78 is 26.5. The van der Waals surface area contributed by atoms with E-state index in [-0.39, 0.29) is 18.7 Å². The molecule has 3 N–H and O–H groups in total. The van der Waals surface area contributed by atoms with Crippen LogP contribution in [-0.4, -0.2) is 17.4 Å². The molecule has 0 saturated heterocycles. The minimum absolute atomic E-state index is 0.0169. The first-order chi connectivity index (χ1) is 11.4. The Bertz CT molecular complexity index is 751. The molecule has 2 aromatic rings. The Balaban J connectivity index is 2.12. The number of carbonyl (C=O) groups excluding carboxylic acids is 1. The number of nitrogens with zero attached hydrogens (tertiary/aromatic N) is 1. The van der Waals surface area contributed by atoms with Crippen LogP contribution in [0.15, 0.2) is 42.5 Å².